The molecule has 0 amide bonds. The number of hydrogen-bond donors (Lipinski definition) is 1. The number of fused-ring (bicyclic) bond motifs is 1. The van der Waals surface area contributed by atoms with Crippen LogP contribution in [-0.4, -0.2) is 9.97 Å². The van der Waals surface area contributed by atoms with Crippen LogP contribution in [-0.2, 0) is 0 Å². The molecule has 0 atom stereocenters. The molecule has 0 spiro atoms. The molecular weight excluding hydrogens is 310 g/mol. The van der Waals surface area contributed by atoms with E-state index in [9.17, 15) is 4.79 Å². The minimum atomic E-state index is -0.451. The molecule has 0 bridgehead atoms. The number of nitrogens with two attached hydrogens (primary N) is 1. The van der Waals surface area contributed by atoms with Gasteiger partial charge in [0.15, 0.2) is 0 Å². The molecule has 3 rings (SSSR count). The maximum Gasteiger partial charge on any atom is 0.345 e. The quantitative estimate of drug-likeness (QED) is 0.697. The summed E-state index contributed by atoms with van der Waals surface area (Å²) in [6, 6.07) is 8.76. The highest BCUT2D eigenvalue weighted by Gasteiger charge is 2.09. The van der Waals surface area contributed by atoms with Crippen molar-refractivity contribution < 1.29 is 4.42 Å². The zero-order chi connectivity index (χ0) is 13.4. The molecule has 0 radical (unpaired) electrons. The molecule has 5 nitrogen and oxygen atoms in total. The highest BCUT2D eigenvalue weighted by Crippen LogP contribution is 2.22. The first-order valence-electron chi connectivity index (χ1n) is 5.46. The summed E-state index contributed by atoms with van der Waals surface area (Å²) in [4.78, 5) is 19.8. The van der Waals surface area contributed by atoms with Crippen molar-refractivity contribution in [2.45, 2.75) is 0 Å². The fraction of sp³-hybridized carbons (Fsp3) is 0. The smallest absolute Gasteiger partial charge is 0.345 e. The number of nitrogens with zero attached hydrogens (tertiary/aromatic N) is 2. The minimum Gasteiger partial charge on any atom is -0.422 e. The van der Waals surface area contributed by atoms with E-state index in [-0.39, 0.29) is 5.95 Å². The number of benzene rings is 1. The molecule has 6 heteroatoms. The fourth-order valence-electron chi connectivity index (χ4n) is 1.80. The average Bonchev–Trinajstić information content (AvgIpc) is 2.38. The van der Waals surface area contributed by atoms with Crippen LogP contribution in [0.1, 0.15) is 0 Å². The summed E-state index contributed by atoms with van der Waals surface area (Å²) in [5.41, 5.74) is 6.40. The Balaban J connectivity index is 2.29. The van der Waals surface area contributed by atoms with Gasteiger partial charge in [-0.1, -0.05) is 15.9 Å². The maximum atomic E-state index is 12.0. The van der Waals surface area contributed by atoms with Gasteiger partial charge < -0.3 is 10.2 Å². The summed E-state index contributed by atoms with van der Waals surface area (Å²) in [6.07, 6.45) is 1.50. The minimum absolute atomic E-state index is 0.117. The van der Waals surface area contributed by atoms with Crippen molar-refractivity contribution in [2.24, 2.45) is 0 Å². The number of anilines is 1. The lowest BCUT2D eigenvalue weighted by Crippen LogP contribution is -2.05. The molecule has 1 aromatic carbocycles. The lowest BCUT2D eigenvalue weighted by Gasteiger charge is -2.02. The zero-order valence-electron chi connectivity index (χ0n) is 9.63. The van der Waals surface area contributed by atoms with Gasteiger partial charge in [-0.3, -0.25) is 0 Å². The van der Waals surface area contributed by atoms with E-state index in [1.165, 1.54) is 6.20 Å². The fourth-order valence-corrected chi connectivity index (χ4v) is 2.18. The van der Waals surface area contributed by atoms with Gasteiger partial charge in [0.1, 0.15) is 5.58 Å². The molecule has 0 aliphatic rings. The Bertz CT molecular complexity index is 829. The molecule has 0 aliphatic carbocycles. The second-order valence-electron chi connectivity index (χ2n) is 3.93. The van der Waals surface area contributed by atoms with E-state index in [0.29, 0.717) is 16.8 Å². The largest absolute Gasteiger partial charge is 0.422 e. The van der Waals surface area contributed by atoms with E-state index in [4.69, 9.17) is 10.2 Å². The monoisotopic (exact) mass is 317 g/mol. The van der Waals surface area contributed by atoms with Gasteiger partial charge in [-0.15, -0.1) is 0 Å². The molecule has 0 saturated heterocycles. The van der Waals surface area contributed by atoms with Crippen molar-refractivity contribution in [3.05, 3.63) is 51.4 Å². The summed E-state index contributed by atoms with van der Waals surface area (Å²) in [5, 5.41) is 0.807. The number of aromatic nitrogens is 2. The topological polar surface area (TPSA) is 82.0 Å². The maximum absolute atomic E-state index is 12.0. The van der Waals surface area contributed by atoms with Crippen molar-refractivity contribution in [3.63, 3.8) is 0 Å². The van der Waals surface area contributed by atoms with Gasteiger partial charge in [0.2, 0.25) is 5.95 Å². The summed E-state index contributed by atoms with van der Waals surface area (Å²) < 4.78 is 6.17. The Hall–Kier alpha value is -2.21. The summed E-state index contributed by atoms with van der Waals surface area (Å²) in [5.74, 6) is 0.117. The number of hydrogen-bond acceptors (Lipinski definition) is 5. The average molecular weight is 318 g/mol. The molecule has 2 N–H and O–H groups in total. The Morgan fingerprint density at radius 1 is 1.21 bits per heavy atom. The molecule has 0 saturated carbocycles. The first-order chi connectivity index (χ1) is 9.13. The van der Waals surface area contributed by atoms with E-state index >= 15 is 0 Å². The summed E-state index contributed by atoms with van der Waals surface area (Å²) >= 11 is 3.38. The first-order valence-corrected chi connectivity index (χ1v) is 6.25. The van der Waals surface area contributed by atoms with E-state index < -0.39 is 5.63 Å². The molecular formula is C13H8BrN3O2. The molecule has 94 valence electrons. The number of rotatable bonds is 1. The molecule has 19 heavy (non-hydrogen) atoms. The van der Waals surface area contributed by atoms with Gasteiger partial charge in [0.05, 0.1) is 11.3 Å². The highest BCUT2D eigenvalue weighted by atomic mass is 79.9. The van der Waals surface area contributed by atoms with Gasteiger partial charge in [0, 0.05) is 16.1 Å². The molecule has 3 aromatic rings. The molecule has 2 heterocycles. The van der Waals surface area contributed by atoms with Crippen molar-refractivity contribution in [1.82, 2.24) is 9.97 Å². The van der Waals surface area contributed by atoms with Crippen LogP contribution in [0.25, 0.3) is 22.2 Å². The summed E-state index contributed by atoms with van der Waals surface area (Å²) in [6.45, 7) is 0. The Morgan fingerprint density at radius 3 is 2.84 bits per heavy atom. The van der Waals surface area contributed by atoms with E-state index in [2.05, 4.69) is 25.9 Å². The first kappa shape index (κ1) is 11.9. The Morgan fingerprint density at radius 2 is 2.05 bits per heavy atom. The lowest BCUT2D eigenvalue weighted by atomic mass is 10.1. The second-order valence-corrected chi connectivity index (χ2v) is 4.85. The molecule has 0 unspecified atom stereocenters. The van der Waals surface area contributed by atoms with Crippen molar-refractivity contribution in [1.29, 1.82) is 0 Å². The molecule has 0 aliphatic heterocycles. The number of halogens is 1. The van der Waals surface area contributed by atoms with Crippen LogP contribution in [0.2, 0.25) is 0 Å². The molecule has 0 fully saturated rings. The third-order valence-corrected chi connectivity index (χ3v) is 3.14. The van der Waals surface area contributed by atoms with Gasteiger partial charge >= 0.3 is 5.63 Å². The van der Waals surface area contributed by atoms with Crippen molar-refractivity contribution >= 4 is 32.8 Å². The standard InChI is InChI=1S/C13H8BrN3O2/c14-8-1-2-11-7(5-8)6-9(12(18)19-11)10-3-4-16-13(15)17-10/h1-6H,(H2,15,16,17). The Kier molecular flexibility index (Phi) is 2.79. The van der Waals surface area contributed by atoms with Crippen LogP contribution in [0.5, 0.6) is 0 Å². The van der Waals surface area contributed by atoms with Gasteiger partial charge in [-0.2, -0.15) is 0 Å². The SMILES string of the molecule is Nc1nccc(-c2cc3cc(Br)ccc3oc2=O)n1. The molecule has 2 aromatic heterocycles. The van der Waals surface area contributed by atoms with Crippen LogP contribution in [0.3, 0.4) is 0 Å². The van der Waals surface area contributed by atoms with Gasteiger partial charge in [0.25, 0.3) is 0 Å². The number of nitrogen functional groups attached to an aromatic ring is 1. The third-order valence-electron chi connectivity index (χ3n) is 2.64. The van der Waals surface area contributed by atoms with E-state index in [1.807, 2.05) is 12.1 Å². The van der Waals surface area contributed by atoms with Crippen molar-refractivity contribution in [2.75, 3.05) is 5.73 Å². The zero-order valence-corrected chi connectivity index (χ0v) is 11.2. The van der Waals surface area contributed by atoms with Crippen LogP contribution >= 0.6 is 15.9 Å². The van der Waals surface area contributed by atoms with E-state index in [1.54, 1.807) is 18.2 Å². The third kappa shape index (κ3) is 2.22. The van der Waals surface area contributed by atoms with E-state index in [0.717, 1.165) is 9.86 Å². The van der Waals surface area contributed by atoms with Crippen LogP contribution in [0.15, 0.2) is 50.2 Å². The predicted octanol–water partition coefficient (Wildman–Crippen LogP) is 2.59. The Labute approximate surface area is 116 Å². The van der Waals surface area contributed by atoms with Gasteiger partial charge in [-0.25, -0.2) is 14.8 Å². The summed E-state index contributed by atoms with van der Waals surface area (Å²) in [7, 11) is 0. The highest BCUT2D eigenvalue weighted by molar-refractivity contribution is 9.10. The lowest BCUT2D eigenvalue weighted by molar-refractivity contribution is 0.563. The van der Waals surface area contributed by atoms with Gasteiger partial charge in [-0.05, 0) is 30.3 Å². The van der Waals surface area contributed by atoms with Crippen LogP contribution in [0, 0.1) is 0 Å². The second kappa shape index (κ2) is 4.47. The normalized spacial score (nSPS) is 10.8. The van der Waals surface area contributed by atoms with Crippen LogP contribution in [0.4, 0.5) is 5.95 Å². The van der Waals surface area contributed by atoms with Crippen molar-refractivity contribution in [3.8, 4) is 11.3 Å². The predicted molar refractivity (Wildman–Crippen MR) is 75.6 cm³/mol. The van der Waals surface area contributed by atoms with Crippen LogP contribution < -0.4 is 11.4 Å².